The average molecular weight is 395 g/mol. The molecule has 6 N–H and O–H groups in total. The number of imidazole rings is 1. The van der Waals surface area contributed by atoms with E-state index in [0.29, 0.717) is 30.2 Å². The highest BCUT2D eigenvalue weighted by Gasteiger charge is 2.24. The number of fused-ring (bicyclic) bond motifs is 1. The molecule has 3 aromatic rings. The summed E-state index contributed by atoms with van der Waals surface area (Å²) in [5.41, 5.74) is 14.7. The van der Waals surface area contributed by atoms with Crippen molar-refractivity contribution in [2.75, 3.05) is 5.73 Å². The smallest absolute Gasteiger partial charge is 0.245 e. The van der Waals surface area contributed by atoms with Crippen LogP contribution < -0.4 is 21.5 Å². The lowest BCUT2D eigenvalue weighted by atomic mass is 9.86. The average Bonchev–Trinajstić information content (AvgIpc) is 3.20. The third-order valence-corrected chi connectivity index (χ3v) is 5.28. The second-order valence-corrected chi connectivity index (χ2v) is 7.42. The van der Waals surface area contributed by atoms with Gasteiger partial charge >= 0.3 is 0 Å². The predicted octanol–water partition coefficient (Wildman–Crippen LogP) is 1.65. The number of hydrogen-bond donors (Lipinski definition) is 4. The maximum Gasteiger partial charge on any atom is 0.245 e. The standard InChI is InChI=1S/C20H25N7O2/c21-15-7-5-14(6-8-15)18(28)23-9-12-1-3-13(4-2-12)10-29-19-16-17(25-11-24-16)26-20(22)27-19/h1-4,11,14-15H,5-10,21H2,(H,23,28)(H3,22,24,25,26,27). The van der Waals surface area contributed by atoms with E-state index in [1.165, 1.54) is 6.33 Å². The highest BCUT2D eigenvalue weighted by Crippen LogP contribution is 2.23. The molecule has 1 amide bonds. The van der Waals surface area contributed by atoms with Crippen molar-refractivity contribution >= 4 is 23.0 Å². The number of nitrogens with two attached hydrogens (primary N) is 2. The Balaban J connectivity index is 1.30. The number of nitrogen functional groups attached to an aromatic ring is 1. The van der Waals surface area contributed by atoms with Crippen molar-refractivity contribution in [3.8, 4) is 5.88 Å². The van der Waals surface area contributed by atoms with Crippen molar-refractivity contribution in [2.45, 2.75) is 44.9 Å². The van der Waals surface area contributed by atoms with E-state index in [0.717, 1.165) is 36.8 Å². The second-order valence-electron chi connectivity index (χ2n) is 7.42. The van der Waals surface area contributed by atoms with Crippen LogP contribution in [0.5, 0.6) is 5.88 Å². The van der Waals surface area contributed by atoms with Gasteiger partial charge in [0, 0.05) is 18.5 Å². The number of hydrogen-bond acceptors (Lipinski definition) is 7. The highest BCUT2D eigenvalue weighted by atomic mass is 16.5. The van der Waals surface area contributed by atoms with Crippen molar-refractivity contribution in [2.24, 2.45) is 11.7 Å². The van der Waals surface area contributed by atoms with E-state index in [4.69, 9.17) is 16.2 Å². The monoisotopic (exact) mass is 395 g/mol. The number of rotatable bonds is 6. The van der Waals surface area contributed by atoms with Crippen LogP contribution in [0.1, 0.15) is 36.8 Å². The van der Waals surface area contributed by atoms with Gasteiger partial charge < -0.3 is 26.5 Å². The number of ether oxygens (including phenoxy) is 1. The van der Waals surface area contributed by atoms with Crippen LogP contribution in [0.25, 0.3) is 11.2 Å². The Morgan fingerprint density at radius 3 is 2.62 bits per heavy atom. The van der Waals surface area contributed by atoms with Gasteiger partial charge in [-0.2, -0.15) is 9.97 Å². The van der Waals surface area contributed by atoms with Gasteiger partial charge in [-0.25, -0.2) is 4.98 Å². The number of aromatic amines is 1. The SMILES string of the molecule is Nc1nc(OCc2ccc(CNC(=O)C3CCC(N)CC3)cc2)c2[nH]cnc2n1. The Labute approximate surface area is 168 Å². The molecule has 0 atom stereocenters. The van der Waals surface area contributed by atoms with Gasteiger partial charge in [-0.15, -0.1) is 0 Å². The summed E-state index contributed by atoms with van der Waals surface area (Å²) >= 11 is 0. The van der Waals surface area contributed by atoms with E-state index in [9.17, 15) is 4.79 Å². The van der Waals surface area contributed by atoms with Crippen LogP contribution in [0.4, 0.5) is 5.95 Å². The van der Waals surface area contributed by atoms with Crippen LogP contribution in [0.3, 0.4) is 0 Å². The summed E-state index contributed by atoms with van der Waals surface area (Å²) in [6.45, 7) is 0.847. The Hall–Kier alpha value is -3.20. The summed E-state index contributed by atoms with van der Waals surface area (Å²) in [4.78, 5) is 27.5. The van der Waals surface area contributed by atoms with Crippen LogP contribution in [0, 0.1) is 5.92 Å². The van der Waals surface area contributed by atoms with Crippen LogP contribution >= 0.6 is 0 Å². The van der Waals surface area contributed by atoms with Crippen LogP contribution in [0.15, 0.2) is 30.6 Å². The van der Waals surface area contributed by atoms with Crippen LogP contribution in [0.2, 0.25) is 0 Å². The van der Waals surface area contributed by atoms with Gasteiger partial charge in [-0.05, 0) is 36.8 Å². The Kier molecular flexibility index (Phi) is 5.57. The molecule has 0 aliphatic heterocycles. The molecule has 9 nitrogen and oxygen atoms in total. The van der Waals surface area contributed by atoms with Crippen LogP contribution in [-0.4, -0.2) is 31.9 Å². The quantitative estimate of drug-likeness (QED) is 0.496. The third-order valence-electron chi connectivity index (χ3n) is 5.28. The van der Waals surface area contributed by atoms with E-state index in [-0.39, 0.29) is 23.8 Å². The fraction of sp³-hybridized carbons (Fsp3) is 0.400. The minimum absolute atomic E-state index is 0.0853. The van der Waals surface area contributed by atoms with Gasteiger partial charge in [0.2, 0.25) is 17.7 Å². The zero-order chi connectivity index (χ0) is 20.2. The molecule has 1 aromatic carbocycles. The molecule has 2 heterocycles. The number of anilines is 1. The number of nitrogens with zero attached hydrogens (tertiary/aromatic N) is 3. The summed E-state index contributed by atoms with van der Waals surface area (Å²) in [6.07, 6.45) is 5.13. The molecule has 0 saturated heterocycles. The molecular formula is C20H25N7O2. The minimum Gasteiger partial charge on any atom is -0.471 e. The molecule has 1 fully saturated rings. The van der Waals surface area contributed by atoms with E-state index in [1.807, 2.05) is 24.3 Å². The first-order valence-corrected chi connectivity index (χ1v) is 9.79. The lowest BCUT2D eigenvalue weighted by molar-refractivity contribution is -0.126. The van der Waals surface area contributed by atoms with Crippen molar-refractivity contribution in [3.05, 3.63) is 41.7 Å². The third kappa shape index (κ3) is 4.62. The number of nitrogens with one attached hydrogen (secondary N) is 2. The summed E-state index contributed by atoms with van der Waals surface area (Å²) < 4.78 is 5.79. The maximum atomic E-state index is 12.3. The molecule has 29 heavy (non-hydrogen) atoms. The molecule has 0 unspecified atom stereocenters. The van der Waals surface area contributed by atoms with Crippen molar-refractivity contribution in [1.82, 2.24) is 25.3 Å². The molecule has 1 aliphatic rings. The summed E-state index contributed by atoms with van der Waals surface area (Å²) in [5.74, 6) is 0.690. The zero-order valence-electron chi connectivity index (χ0n) is 16.1. The summed E-state index contributed by atoms with van der Waals surface area (Å²) in [6, 6.07) is 8.15. The molecule has 0 spiro atoms. The molecule has 0 radical (unpaired) electrons. The van der Waals surface area contributed by atoms with Gasteiger partial charge in [-0.1, -0.05) is 24.3 Å². The Morgan fingerprint density at radius 2 is 1.86 bits per heavy atom. The molecule has 1 aliphatic carbocycles. The van der Waals surface area contributed by atoms with Crippen molar-refractivity contribution < 1.29 is 9.53 Å². The van der Waals surface area contributed by atoms with Crippen molar-refractivity contribution in [3.63, 3.8) is 0 Å². The fourth-order valence-corrected chi connectivity index (χ4v) is 3.55. The lowest BCUT2D eigenvalue weighted by Crippen LogP contribution is -2.35. The predicted molar refractivity (Wildman–Crippen MR) is 109 cm³/mol. The van der Waals surface area contributed by atoms with Crippen molar-refractivity contribution in [1.29, 1.82) is 0 Å². The van der Waals surface area contributed by atoms with Gasteiger partial charge in [0.05, 0.1) is 6.33 Å². The summed E-state index contributed by atoms with van der Waals surface area (Å²) in [5, 5.41) is 3.03. The number of amides is 1. The minimum atomic E-state index is 0.0853. The van der Waals surface area contributed by atoms with Crippen LogP contribution in [-0.2, 0) is 17.9 Å². The Morgan fingerprint density at radius 1 is 1.14 bits per heavy atom. The first-order valence-electron chi connectivity index (χ1n) is 9.79. The number of aromatic nitrogens is 4. The lowest BCUT2D eigenvalue weighted by Gasteiger charge is -2.25. The van der Waals surface area contributed by atoms with E-state index in [2.05, 4.69) is 25.3 Å². The fourth-order valence-electron chi connectivity index (χ4n) is 3.55. The summed E-state index contributed by atoms with van der Waals surface area (Å²) in [7, 11) is 0. The first-order chi connectivity index (χ1) is 14.1. The topological polar surface area (TPSA) is 145 Å². The molecular weight excluding hydrogens is 370 g/mol. The number of benzene rings is 1. The number of carbonyl (C=O) groups excluding carboxylic acids is 1. The largest absolute Gasteiger partial charge is 0.471 e. The van der Waals surface area contributed by atoms with E-state index < -0.39 is 0 Å². The molecule has 152 valence electrons. The maximum absolute atomic E-state index is 12.3. The van der Waals surface area contributed by atoms with Gasteiger partial charge in [0.25, 0.3) is 0 Å². The molecule has 9 heteroatoms. The molecule has 0 bridgehead atoms. The van der Waals surface area contributed by atoms with Gasteiger partial charge in [-0.3, -0.25) is 4.79 Å². The normalized spacial score (nSPS) is 19.2. The molecule has 2 aromatic heterocycles. The molecule has 1 saturated carbocycles. The van der Waals surface area contributed by atoms with E-state index in [1.54, 1.807) is 0 Å². The second kappa shape index (κ2) is 8.44. The van der Waals surface area contributed by atoms with Gasteiger partial charge in [0.15, 0.2) is 5.65 Å². The number of carbonyl (C=O) groups is 1. The molecule has 4 rings (SSSR count). The van der Waals surface area contributed by atoms with Gasteiger partial charge in [0.1, 0.15) is 12.1 Å². The number of H-pyrrole nitrogens is 1. The first kappa shape index (κ1) is 19.1. The van der Waals surface area contributed by atoms with E-state index >= 15 is 0 Å². The Bertz CT molecular complexity index is 978. The highest BCUT2D eigenvalue weighted by molar-refractivity contribution is 5.78. The zero-order valence-corrected chi connectivity index (χ0v) is 16.1.